The Labute approximate surface area is 75.3 Å². The van der Waals surface area contributed by atoms with E-state index in [1.807, 2.05) is 22.9 Å². The summed E-state index contributed by atoms with van der Waals surface area (Å²) in [6, 6.07) is 4.04. The van der Waals surface area contributed by atoms with Crippen molar-refractivity contribution >= 4 is 29.9 Å². The van der Waals surface area contributed by atoms with Gasteiger partial charge in [0.05, 0.1) is 6.42 Å². The Hall–Kier alpha value is -0.480. The number of carboxylic acid groups (broad SMARTS) is 1. The monoisotopic (exact) mass is 190 g/mol. The van der Waals surface area contributed by atoms with Crippen LogP contribution in [0.5, 0.6) is 0 Å². The van der Waals surface area contributed by atoms with E-state index in [4.69, 9.17) is 5.11 Å². The Morgan fingerprint density at radius 2 is 2.00 bits per heavy atom. The van der Waals surface area contributed by atoms with Crippen molar-refractivity contribution in [3.05, 3.63) is 22.9 Å². The molecule has 2 nitrogen and oxygen atoms in total. The van der Waals surface area contributed by atoms with Crippen LogP contribution in [-0.2, 0) is 4.79 Å². The Balaban J connectivity index is 0.000000183. The van der Waals surface area contributed by atoms with Gasteiger partial charge in [0.1, 0.15) is 0 Å². The molecule has 1 aromatic heterocycles. The molecule has 11 heavy (non-hydrogen) atoms. The summed E-state index contributed by atoms with van der Waals surface area (Å²) in [4.78, 5) is 9.55. The number of carbonyl (C=O) groups is 1. The first-order valence-electron chi connectivity index (χ1n) is 3.07. The lowest BCUT2D eigenvalue weighted by molar-refractivity contribution is -0.136. The van der Waals surface area contributed by atoms with Gasteiger partial charge in [-0.1, -0.05) is 12.1 Å². The zero-order chi connectivity index (χ0) is 8.53. The third kappa shape index (κ3) is 9.52. The smallest absolute Gasteiger partial charge is 0.304 e. The molecule has 1 heterocycles. The van der Waals surface area contributed by atoms with Crippen molar-refractivity contribution in [3.63, 3.8) is 0 Å². The molecule has 0 saturated heterocycles. The highest BCUT2D eigenvalue weighted by atomic mass is 32.1. The average Bonchev–Trinajstić information content (AvgIpc) is 2.41. The molecule has 4 heteroatoms. The van der Waals surface area contributed by atoms with Crippen molar-refractivity contribution < 1.29 is 9.90 Å². The molecule has 0 atom stereocenters. The molecule has 0 unspecified atom stereocenters. The highest BCUT2D eigenvalue weighted by molar-refractivity contribution is 7.80. The number of aliphatic carboxylic acids is 1. The topological polar surface area (TPSA) is 37.3 Å². The maximum Gasteiger partial charge on any atom is 0.304 e. The maximum absolute atomic E-state index is 9.55. The van der Waals surface area contributed by atoms with Gasteiger partial charge in [-0.25, -0.2) is 0 Å². The third-order valence-electron chi connectivity index (χ3n) is 0.751. The Bertz CT molecular complexity index is 155. The lowest BCUT2D eigenvalue weighted by Crippen LogP contribution is -1.93. The van der Waals surface area contributed by atoms with Gasteiger partial charge in [-0.2, -0.15) is 24.0 Å². The van der Waals surface area contributed by atoms with Gasteiger partial charge in [-0.05, 0) is 10.8 Å². The molecule has 62 valence electrons. The molecular formula is C7H10O2S2. The summed E-state index contributed by atoms with van der Waals surface area (Å²) in [5, 5.41) is 11.9. The fourth-order valence-electron chi connectivity index (χ4n) is 0.322. The van der Waals surface area contributed by atoms with E-state index in [1.54, 1.807) is 11.3 Å². The summed E-state index contributed by atoms with van der Waals surface area (Å²) >= 11 is 5.39. The lowest BCUT2D eigenvalue weighted by Gasteiger charge is -1.79. The molecule has 0 bridgehead atoms. The van der Waals surface area contributed by atoms with E-state index in [-0.39, 0.29) is 6.42 Å². The van der Waals surface area contributed by atoms with Crippen LogP contribution < -0.4 is 0 Å². The molecule has 0 aliphatic rings. The fourth-order valence-corrected chi connectivity index (χ4v) is 0.967. The van der Waals surface area contributed by atoms with Crippen LogP contribution in [-0.4, -0.2) is 16.8 Å². The molecule has 1 aromatic rings. The average molecular weight is 190 g/mol. The maximum atomic E-state index is 9.55. The number of thiophene rings is 1. The minimum atomic E-state index is -0.787. The summed E-state index contributed by atoms with van der Waals surface area (Å²) < 4.78 is 0. The highest BCUT2D eigenvalue weighted by Gasteiger charge is 1.88. The molecule has 1 rings (SSSR count). The molecule has 1 N–H and O–H groups in total. The van der Waals surface area contributed by atoms with E-state index in [1.165, 1.54) is 0 Å². The van der Waals surface area contributed by atoms with Crippen molar-refractivity contribution in [2.75, 3.05) is 5.75 Å². The molecule has 0 radical (unpaired) electrons. The van der Waals surface area contributed by atoms with Gasteiger partial charge in [-0.3, -0.25) is 4.79 Å². The number of hydrogen-bond acceptors (Lipinski definition) is 3. The van der Waals surface area contributed by atoms with Crippen molar-refractivity contribution in [3.8, 4) is 0 Å². The van der Waals surface area contributed by atoms with Gasteiger partial charge < -0.3 is 5.11 Å². The van der Waals surface area contributed by atoms with Crippen LogP contribution in [0.3, 0.4) is 0 Å². The SMILES string of the molecule is O=C(O)CCS.c1ccsc1. The Morgan fingerprint density at radius 3 is 2.09 bits per heavy atom. The molecule has 0 amide bonds. The van der Waals surface area contributed by atoms with Gasteiger partial charge in [0.2, 0.25) is 0 Å². The predicted molar refractivity (Wildman–Crippen MR) is 50.4 cm³/mol. The van der Waals surface area contributed by atoms with E-state index in [9.17, 15) is 4.79 Å². The minimum Gasteiger partial charge on any atom is -0.481 e. The zero-order valence-corrected chi connectivity index (χ0v) is 7.65. The first-order valence-corrected chi connectivity index (χ1v) is 4.64. The van der Waals surface area contributed by atoms with E-state index in [0.29, 0.717) is 5.75 Å². The van der Waals surface area contributed by atoms with Gasteiger partial charge in [0.25, 0.3) is 0 Å². The summed E-state index contributed by atoms with van der Waals surface area (Å²) in [7, 11) is 0. The van der Waals surface area contributed by atoms with Crippen LogP contribution in [0.15, 0.2) is 22.9 Å². The molecule has 0 saturated carbocycles. The highest BCUT2D eigenvalue weighted by Crippen LogP contribution is 1.91. The van der Waals surface area contributed by atoms with Crippen LogP contribution in [0, 0.1) is 0 Å². The van der Waals surface area contributed by atoms with E-state index < -0.39 is 5.97 Å². The standard InChI is InChI=1S/C4H4S.C3H6O2S/c1-2-4-5-3-1;4-3(5)1-2-6/h1-4H;6H,1-2H2,(H,4,5). The number of carboxylic acids is 1. The summed E-state index contributed by atoms with van der Waals surface area (Å²) in [5.74, 6) is -0.361. The molecule has 0 aliphatic heterocycles. The van der Waals surface area contributed by atoms with Crippen molar-refractivity contribution in [1.82, 2.24) is 0 Å². The van der Waals surface area contributed by atoms with Gasteiger partial charge in [-0.15, -0.1) is 0 Å². The predicted octanol–water partition coefficient (Wildman–Crippen LogP) is 2.14. The Morgan fingerprint density at radius 1 is 1.45 bits per heavy atom. The number of rotatable bonds is 2. The van der Waals surface area contributed by atoms with Crippen LogP contribution in [0.2, 0.25) is 0 Å². The number of hydrogen-bond donors (Lipinski definition) is 2. The fraction of sp³-hybridized carbons (Fsp3) is 0.286. The minimum absolute atomic E-state index is 0.156. The largest absolute Gasteiger partial charge is 0.481 e. The second kappa shape index (κ2) is 7.63. The summed E-state index contributed by atoms with van der Waals surface area (Å²) in [5.41, 5.74) is 0. The summed E-state index contributed by atoms with van der Waals surface area (Å²) in [6.07, 6.45) is 0.156. The van der Waals surface area contributed by atoms with Crippen LogP contribution >= 0.6 is 24.0 Å². The zero-order valence-electron chi connectivity index (χ0n) is 5.93. The van der Waals surface area contributed by atoms with E-state index >= 15 is 0 Å². The van der Waals surface area contributed by atoms with Gasteiger partial charge in [0.15, 0.2) is 0 Å². The Kier molecular flexibility index (Phi) is 7.29. The van der Waals surface area contributed by atoms with Crippen LogP contribution in [0.1, 0.15) is 6.42 Å². The van der Waals surface area contributed by atoms with Gasteiger partial charge in [0, 0.05) is 5.75 Å². The molecule has 0 fully saturated rings. The summed E-state index contributed by atoms with van der Waals surface area (Å²) in [6.45, 7) is 0. The first-order chi connectivity index (χ1) is 5.27. The molecule has 0 spiro atoms. The first kappa shape index (κ1) is 10.5. The van der Waals surface area contributed by atoms with Crippen molar-refractivity contribution in [2.45, 2.75) is 6.42 Å². The second-order valence-corrected chi connectivity index (χ2v) is 2.92. The molecular weight excluding hydrogens is 180 g/mol. The van der Waals surface area contributed by atoms with Crippen LogP contribution in [0.4, 0.5) is 0 Å². The number of thiol groups is 1. The molecule has 0 aliphatic carbocycles. The second-order valence-electron chi connectivity index (χ2n) is 1.66. The van der Waals surface area contributed by atoms with Gasteiger partial charge >= 0.3 is 5.97 Å². The van der Waals surface area contributed by atoms with Crippen LogP contribution in [0.25, 0.3) is 0 Å². The third-order valence-corrected chi connectivity index (χ3v) is 1.60. The van der Waals surface area contributed by atoms with Crippen molar-refractivity contribution in [2.24, 2.45) is 0 Å². The van der Waals surface area contributed by atoms with E-state index in [2.05, 4.69) is 12.6 Å². The normalized spacial score (nSPS) is 8.09. The van der Waals surface area contributed by atoms with E-state index in [0.717, 1.165) is 0 Å². The molecule has 0 aromatic carbocycles. The lowest BCUT2D eigenvalue weighted by atomic mass is 10.5. The quantitative estimate of drug-likeness (QED) is 0.701. The van der Waals surface area contributed by atoms with Crippen molar-refractivity contribution in [1.29, 1.82) is 0 Å².